The van der Waals surface area contributed by atoms with E-state index in [-0.39, 0.29) is 5.91 Å². The molecule has 2 aromatic carbocycles. The number of hydrogen-bond acceptors (Lipinski definition) is 5. The smallest absolute Gasteiger partial charge is 0.408 e. The second kappa shape index (κ2) is 10.0. The van der Waals surface area contributed by atoms with Gasteiger partial charge in [-0.1, -0.05) is 30.3 Å². The average molecular weight is 415 g/mol. The number of carbonyl (C=O) groups excluding carboxylic acids is 2. The highest BCUT2D eigenvalue weighted by Gasteiger charge is 2.25. The Hall–Kier alpha value is -3.22. The standard InChI is InChI=1S/C23H30N2O5/c1-15-12-19(28-5)20(29-6)14-17(15)24-21(26)18(13-16-10-8-7-9-11-16)25-22(27)30-23(2,3)4/h7-12,14,18H,13H2,1-6H3,(H,24,26)(H,25,27). The summed E-state index contributed by atoms with van der Waals surface area (Å²) in [5.41, 5.74) is 1.62. The molecule has 0 aliphatic carbocycles. The Bertz CT molecular complexity index is 875. The number of methoxy groups -OCH3 is 2. The van der Waals surface area contributed by atoms with Gasteiger partial charge in [0.2, 0.25) is 5.91 Å². The maximum Gasteiger partial charge on any atom is 0.408 e. The van der Waals surface area contributed by atoms with Crippen molar-refractivity contribution in [1.82, 2.24) is 5.32 Å². The fourth-order valence-electron chi connectivity index (χ4n) is 2.84. The Kier molecular flexibility index (Phi) is 7.69. The van der Waals surface area contributed by atoms with E-state index in [9.17, 15) is 9.59 Å². The number of anilines is 1. The van der Waals surface area contributed by atoms with Crippen LogP contribution in [0.4, 0.5) is 10.5 Å². The zero-order valence-corrected chi connectivity index (χ0v) is 18.4. The molecule has 0 saturated heterocycles. The van der Waals surface area contributed by atoms with Gasteiger partial charge in [0.05, 0.1) is 14.2 Å². The lowest BCUT2D eigenvalue weighted by atomic mass is 10.0. The van der Waals surface area contributed by atoms with Gasteiger partial charge in [0.1, 0.15) is 11.6 Å². The van der Waals surface area contributed by atoms with Crippen molar-refractivity contribution in [2.75, 3.05) is 19.5 Å². The van der Waals surface area contributed by atoms with E-state index < -0.39 is 17.7 Å². The Morgan fingerprint density at radius 3 is 2.17 bits per heavy atom. The lowest BCUT2D eigenvalue weighted by molar-refractivity contribution is -0.118. The Morgan fingerprint density at radius 1 is 1.00 bits per heavy atom. The Balaban J connectivity index is 2.24. The maximum atomic E-state index is 13.1. The van der Waals surface area contributed by atoms with Crippen LogP contribution in [0.3, 0.4) is 0 Å². The van der Waals surface area contributed by atoms with Crippen LogP contribution in [0.15, 0.2) is 42.5 Å². The quantitative estimate of drug-likeness (QED) is 0.713. The molecule has 0 aliphatic rings. The molecule has 0 bridgehead atoms. The van der Waals surface area contributed by atoms with Crippen LogP contribution in [0.5, 0.6) is 11.5 Å². The molecule has 2 aromatic rings. The highest BCUT2D eigenvalue weighted by Crippen LogP contribution is 2.33. The monoisotopic (exact) mass is 414 g/mol. The fourth-order valence-corrected chi connectivity index (χ4v) is 2.84. The van der Waals surface area contributed by atoms with Gasteiger partial charge in [0.15, 0.2) is 11.5 Å². The highest BCUT2D eigenvalue weighted by atomic mass is 16.6. The van der Waals surface area contributed by atoms with Crippen molar-refractivity contribution in [1.29, 1.82) is 0 Å². The van der Waals surface area contributed by atoms with Crippen LogP contribution in [0.25, 0.3) is 0 Å². The van der Waals surface area contributed by atoms with Crippen LogP contribution in [0.1, 0.15) is 31.9 Å². The van der Waals surface area contributed by atoms with E-state index in [1.165, 1.54) is 7.11 Å². The Labute approximate surface area is 177 Å². The zero-order valence-electron chi connectivity index (χ0n) is 18.4. The third kappa shape index (κ3) is 6.69. The van der Waals surface area contributed by atoms with E-state index >= 15 is 0 Å². The number of amides is 2. The number of ether oxygens (including phenoxy) is 3. The van der Waals surface area contributed by atoms with Crippen molar-refractivity contribution in [3.63, 3.8) is 0 Å². The number of benzene rings is 2. The number of carbonyl (C=O) groups is 2. The summed E-state index contributed by atoms with van der Waals surface area (Å²) in [4.78, 5) is 25.4. The minimum Gasteiger partial charge on any atom is -0.493 e. The lowest BCUT2D eigenvalue weighted by Crippen LogP contribution is -2.47. The molecule has 0 saturated carbocycles. The normalized spacial score (nSPS) is 11.9. The van der Waals surface area contributed by atoms with Crippen LogP contribution in [-0.4, -0.2) is 37.9 Å². The van der Waals surface area contributed by atoms with Gasteiger partial charge in [-0.2, -0.15) is 0 Å². The van der Waals surface area contributed by atoms with Crippen LogP contribution in [0.2, 0.25) is 0 Å². The molecule has 2 rings (SSSR count). The lowest BCUT2D eigenvalue weighted by Gasteiger charge is -2.24. The first-order valence-corrected chi connectivity index (χ1v) is 9.70. The summed E-state index contributed by atoms with van der Waals surface area (Å²) in [5, 5.41) is 5.56. The molecule has 1 atom stereocenters. The summed E-state index contributed by atoms with van der Waals surface area (Å²) in [6.45, 7) is 7.16. The minimum absolute atomic E-state index is 0.318. The van der Waals surface area contributed by atoms with Crippen LogP contribution >= 0.6 is 0 Å². The predicted octanol–water partition coefficient (Wildman–Crippen LogP) is 4.09. The van der Waals surface area contributed by atoms with E-state index in [4.69, 9.17) is 14.2 Å². The van der Waals surface area contributed by atoms with E-state index in [2.05, 4.69) is 10.6 Å². The maximum absolute atomic E-state index is 13.1. The Morgan fingerprint density at radius 2 is 1.60 bits per heavy atom. The van der Waals surface area contributed by atoms with Crippen LogP contribution in [-0.2, 0) is 16.0 Å². The zero-order chi connectivity index (χ0) is 22.3. The summed E-state index contributed by atoms with van der Waals surface area (Å²) < 4.78 is 15.9. The highest BCUT2D eigenvalue weighted by molar-refractivity contribution is 5.97. The first-order valence-electron chi connectivity index (χ1n) is 9.70. The molecule has 2 N–H and O–H groups in total. The summed E-state index contributed by atoms with van der Waals surface area (Å²) in [7, 11) is 3.08. The van der Waals surface area contributed by atoms with Gasteiger partial charge in [0.25, 0.3) is 0 Å². The fraction of sp³-hybridized carbons (Fsp3) is 0.391. The van der Waals surface area contributed by atoms with E-state index in [0.717, 1.165) is 11.1 Å². The largest absolute Gasteiger partial charge is 0.493 e. The number of rotatable bonds is 7. The second-order valence-electron chi connectivity index (χ2n) is 7.90. The van der Waals surface area contributed by atoms with Crippen molar-refractivity contribution < 1.29 is 23.8 Å². The number of alkyl carbamates (subject to hydrolysis) is 1. The molecule has 0 radical (unpaired) electrons. The van der Waals surface area contributed by atoms with E-state index in [1.807, 2.05) is 37.3 Å². The topological polar surface area (TPSA) is 85.9 Å². The average Bonchev–Trinajstić information content (AvgIpc) is 2.68. The molecule has 30 heavy (non-hydrogen) atoms. The first kappa shape index (κ1) is 23.1. The molecule has 0 aliphatic heterocycles. The van der Waals surface area contributed by atoms with Crippen molar-refractivity contribution >= 4 is 17.7 Å². The second-order valence-corrected chi connectivity index (χ2v) is 7.90. The van der Waals surface area contributed by atoms with Gasteiger partial charge in [-0.25, -0.2) is 4.79 Å². The third-order valence-corrected chi connectivity index (χ3v) is 4.28. The molecule has 7 heteroatoms. The summed E-state index contributed by atoms with van der Waals surface area (Å²) in [6, 6.07) is 12.1. The minimum atomic E-state index is -0.824. The van der Waals surface area contributed by atoms with Crippen molar-refractivity contribution in [3.8, 4) is 11.5 Å². The number of aryl methyl sites for hydroxylation is 1. The van der Waals surface area contributed by atoms with Crippen LogP contribution in [0, 0.1) is 6.92 Å². The van der Waals surface area contributed by atoms with Crippen molar-refractivity contribution in [2.45, 2.75) is 45.8 Å². The molecule has 2 amide bonds. The van der Waals surface area contributed by atoms with Gasteiger partial charge in [-0.3, -0.25) is 4.79 Å². The first-order chi connectivity index (χ1) is 14.1. The molecule has 1 unspecified atom stereocenters. The SMILES string of the molecule is COc1cc(C)c(NC(=O)C(Cc2ccccc2)NC(=O)OC(C)(C)C)cc1OC. The number of nitrogens with one attached hydrogen (secondary N) is 2. The predicted molar refractivity (Wildman–Crippen MR) is 116 cm³/mol. The van der Waals surface area contributed by atoms with Crippen LogP contribution < -0.4 is 20.1 Å². The summed E-state index contributed by atoms with van der Waals surface area (Å²) in [6.07, 6.45) is -0.333. The van der Waals surface area contributed by atoms with Gasteiger partial charge >= 0.3 is 6.09 Å². The van der Waals surface area contributed by atoms with Gasteiger partial charge < -0.3 is 24.8 Å². The molecular formula is C23H30N2O5. The van der Waals surface area contributed by atoms with Gasteiger partial charge in [0, 0.05) is 18.2 Å². The van der Waals surface area contributed by atoms with E-state index in [0.29, 0.717) is 23.6 Å². The van der Waals surface area contributed by atoms with Crippen molar-refractivity contribution in [3.05, 3.63) is 53.6 Å². The summed E-state index contributed by atoms with van der Waals surface area (Å²) in [5.74, 6) is 0.707. The van der Waals surface area contributed by atoms with Crippen molar-refractivity contribution in [2.24, 2.45) is 0 Å². The molecular weight excluding hydrogens is 384 g/mol. The molecule has 7 nitrogen and oxygen atoms in total. The van der Waals surface area contributed by atoms with Gasteiger partial charge in [-0.15, -0.1) is 0 Å². The molecule has 162 valence electrons. The summed E-state index contributed by atoms with van der Waals surface area (Å²) >= 11 is 0. The molecule has 0 aromatic heterocycles. The number of hydrogen-bond donors (Lipinski definition) is 2. The molecule has 0 heterocycles. The van der Waals surface area contributed by atoms with E-state index in [1.54, 1.807) is 40.0 Å². The van der Waals surface area contributed by atoms with Gasteiger partial charge in [-0.05, 0) is 44.9 Å². The third-order valence-electron chi connectivity index (χ3n) is 4.28. The molecule has 0 fully saturated rings. The molecule has 0 spiro atoms.